The summed E-state index contributed by atoms with van der Waals surface area (Å²) in [6.45, 7) is 0. The second-order valence-corrected chi connectivity index (χ2v) is 7.50. The highest BCUT2D eigenvalue weighted by Crippen LogP contribution is 2.34. The molecule has 2 aromatic carbocycles. The fourth-order valence-corrected chi connectivity index (χ4v) is 3.38. The van der Waals surface area contributed by atoms with Crippen molar-refractivity contribution in [3.63, 3.8) is 0 Å². The summed E-state index contributed by atoms with van der Waals surface area (Å²) in [6.07, 6.45) is -3.70. The molecule has 0 aliphatic carbocycles. The van der Waals surface area contributed by atoms with Crippen LogP contribution in [0.4, 0.5) is 24.5 Å². The molecule has 0 aliphatic rings. The molecule has 25 heavy (non-hydrogen) atoms. The number of benzene rings is 2. The highest BCUT2D eigenvalue weighted by molar-refractivity contribution is 7.90. The molecule has 0 radical (unpaired) electrons. The first-order valence-electron chi connectivity index (χ1n) is 6.61. The van der Waals surface area contributed by atoms with Crippen LogP contribution < -0.4 is 5.32 Å². The summed E-state index contributed by atoms with van der Waals surface area (Å²) in [5.74, 6) is -1.46. The molecular formula is C15H11ClF3NO4S. The van der Waals surface area contributed by atoms with E-state index in [1.807, 2.05) is 0 Å². The lowest BCUT2D eigenvalue weighted by atomic mass is 10.1. The molecule has 0 spiro atoms. The summed E-state index contributed by atoms with van der Waals surface area (Å²) < 4.78 is 61.5. The van der Waals surface area contributed by atoms with Gasteiger partial charge in [0.05, 0.1) is 26.7 Å². The fourth-order valence-electron chi connectivity index (χ4n) is 2.05. The number of hydrogen-bond donors (Lipinski definition) is 2. The molecule has 0 heterocycles. The highest BCUT2D eigenvalue weighted by atomic mass is 35.5. The van der Waals surface area contributed by atoms with Gasteiger partial charge in [-0.3, -0.25) is 0 Å². The average molecular weight is 394 g/mol. The molecule has 2 rings (SSSR count). The van der Waals surface area contributed by atoms with Crippen molar-refractivity contribution in [2.24, 2.45) is 0 Å². The van der Waals surface area contributed by atoms with Crippen molar-refractivity contribution in [3.05, 3.63) is 52.5 Å². The van der Waals surface area contributed by atoms with Gasteiger partial charge in [0, 0.05) is 11.9 Å². The van der Waals surface area contributed by atoms with Crippen LogP contribution in [0.2, 0.25) is 5.02 Å². The molecule has 0 aliphatic heterocycles. The second-order valence-electron chi connectivity index (χ2n) is 5.11. The topological polar surface area (TPSA) is 83.5 Å². The summed E-state index contributed by atoms with van der Waals surface area (Å²) in [4.78, 5) is 11.0. The van der Waals surface area contributed by atoms with E-state index in [0.29, 0.717) is 0 Å². The summed E-state index contributed by atoms with van der Waals surface area (Å²) >= 11 is 5.87. The zero-order valence-corrected chi connectivity index (χ0v) is 14.1. The van der Waals surface area contributed by atoms with E-state index in [1.54, 1.807) is 0 Å². The third kappa shape index (κ3) is 4.43. The lowest BCUT2D eigenvalue weighted by Crippen LogP contribution is -2.08. The third-order valence-corrected chi connectivity index (χ3v) is 4.73. The van der Waals surface area contributed by atoms with Gasteiger partial charge in [-0.15, -0.1) is 0 Å². The summed E-state index contributed by atoms with van der Waals surface area (Å²) in [5, 5.41) is 11.5. The van der Waals surface area contributed by atoms with E-state index < -0.39 is 33.1 Å². The van der Waals surface area contributed by atoms with Gasteiger partial charge in [0.1, 0.15) is 0 Å². The van der Waals surface area contributed by atoms with Crippen molar-refractivity contribution in [1.82, 2.24) is 0 Å². The van der Waals surface area contributed by atoms with Crippen LogP contribution in [0.25, 0.3) is 0 Å². The van der Waals surface area contributed by atoms with Gasteiger partial charge in [0.2, 0.25) is 0 Å². The fraction of sp³-hybridized carbons (Fsp3) is 0.133. The van der Waals surface area contributed by atoms with Crippen LogP contribution >= 0.6 is 11.6 Å². The van der Waals surface area contributed by atoms with Crippen LogP contribution in [0.5, 0.6) is 0 Å². The molecule has 5 nitrogen and oxygen atoms in total. The lowest BCUT2D eigenvalue weighted by Gasteiger charge is -2.14. The molecule has 2 aromatic rings. The number of aromatic carboxylic acids is 1. The Labute approximate surface area is 146 Å². The minimum Gasteiger partial charge on any atom is -0.478 e. The zero-order valence-electron chi connectivity index (χ0n) is 12.6. The van der Waals surface area contributed by atoms with Gasteiger partial charge >= 0.3 is 12.1 Å². The molecule has 0 saturated carbocycles. The monoisotopic (exact) mass is 393 g/mol. The Balaban J connectivity index is 2.54. The molecule has 0 atom stereocenters. The Hall–Kier alpha value is -2.26. The van der Waals surface area contributed by atoms with Gasteiger partial charge in [-0.2, -0.15) is 13.2 Å². The summed E-state index contributed by atoms with van der Waals surface area (Å²) in [5.41, 5.74) is -1.53. The highest BCUT2D eigenvalue weighted by Gasteiger charge is 2.30. The van der Waals surface area contributed by atoms with E-state index in [2.05, 4.69) is 5.32 Å². The number of carboxylic acids is 1. The van der Waals surface area contributed by atoms with Crippen molar-refractivity contribution >= 4 is 38.8 Å². The molecule has 0 amide bonds. The number of nitrogens with one attached hydrogen (secondary N) is 1. The maximum absolute atomic E-state index is 12.8. The maximum Gasteiger partial charge on any atom is 0.416 e. The number of carboxylic acid groups (broad SMARTS) is 1. The van der Waals surface area contributed by atoms with Crippen molar-refractivity contribution in [1.29, 1.82) is 0 Å². The first-order valence-corrected chi connectivity index (χ1v) is 8.87. The Kier molecular flexibility index (Phi) is 5.01. The predicted molar refractivity (Wildman–Crippen MR) is 86.2 cm³/mol. The van der Waals surface area contributed by atoms with Crippen molar-refractivity contribution in [2.45, 2.75) is 11.1 Å². The number of halogens is 4. The molecule has 10 heteroatoms. The standard InChI is InChI=1S/C15H11ClF3NO4S/c1-25(23,24)13-6-10(14(21)22)12(7-11(13)16)20-9-4-2-3-8(5-9)15(17,18)19/h2-7,20H,1H3,(H,21,22). The van der Waals surface area contributed by atoms with E-state index in [4.69, 9.17) is 11.6 Å². The SMILES string of the molecule is CS(=O)(=O)c1cc(C(=O)O)c(Nc2cccc(C(F)(F)F)c2)cc1Cl. The quantitative estimate of drug-likeness (QED) is 0.813. The molecule has 0 unspecified atom stereocenters. The Morgan fingerprint density at radius 1 is 1.20 bits per heavy atom. The molecular weight excluding hydrogens is 383 g/mol. The molecule has 0 fully saturated rings. The number of sulfone groups is 1. The van der Waals surface area contributed by atoms with Gasteiger partial charge in [-0.05, 0) is 30.3 Å². The Bertz CT molecular complexity index is 942. The first-order chi connectivity index (χ1) is 11.4. The molecule has 0 bridgehead atoms. The molecule has 134 valence electrons. The number of alkyl halides is 3. The number of hydrogen-bond acceptors (Lipinski definition) is 4. The van der Waals surface area contributed by atoms with Crippen molar-refractivity contribution < 1.29 is 31.5 Å². The van der Waals surface area contributed by atoms with Gasteiger partial charge in [0.25, 0.3) is 0 Å². The average Bonchev–Trinajstić information content (AvgIpc) is 2.45. The van der Waals surface area contributed by atoms with Gasteiger partial charge in [0.15, 0.2) is 9.84 Å². The van der Waals surface area contributed by atoms with E-state index in [9.17, 15) is 31.5 Å². The zero-order chi connectivity index (χ0) is 19.0. The Morgan fingerprint density at radius 3 is 2.36 bits per heavy atom. The van der Waals surface area contributed by atoms with E-state index >= 15 is 0 Å². The number of rotatable bonds is 4. The van der Waals surface area contributed by atoms with Crippen LogP contribution in [-0.2, 0) is 16.0 Å². The third-order valence-electron chi connectivity index (χ3n) is 3.17. The molecule has 2 N–H and O–H groups in total. The van der Waals surface area contributed by atoms with Crippen LogP contribution in [0.1, 0.15) is 15.9 Å². The van der Waals surface area contributed by atoms with Gasteiger partial charge in [-0.25, -0.2) is 13.2 Å². The minimum absolute atomic E-state index is 0.0273. The normalized spacial score (nSPS) is 12.0. The van der Waals surface area contributed by atoms with E-state index in [0.717, 1.165) is 36.6 Å². The smallest absolute Gasteiger partial charge is 0.416 e. The van der Waals surface area contributed by atoms with Gasteiger partial charge in [-0.1, -0.05) is 17.7 Å². The largest absolute Gasteiger partial charge is 0.478 e. The van der Waals surface area contributed by atoms with Crippen LogP contribution in [0.3, 0.4) is 0 Å². The second kappa shape index (κ2) is 6.57. The maximum atomic E-state index is 12.8. The lowest BCUT2D eigenvalue weighted by molar-refractivity contribution is -0.137. The first kappa shape index (κ1) is 19.1. The number of anilines is 2. The predicted octanol–water partition coefficient (Wildman–Crippen LogP) is 4.20. The van der Waals surface area contributed by atoms with Crippen molar-refractivity contribution in [2.75, 3.05) is 11.6 Å². The van der Waals surface area contributed by atoms with E-state index in [1.165, 1.54) is 6.07 Å². The van der Waals surface area contributed by atoms with E-state index in [-0.39, 0.29) is 21.3 Å². The number of carbonyl (C=O) groups is 1. The van der Waals surface area contributed by atoms with Crippen LogP contribution in [-0.4, -0.2) is 25.7 Å². The van der Waals surface area contributed by atoms with Gasteiger partial charge < -0.3 is 10.4 Å². The molecule has 0 aromatic heterocycles. The summed E-state index contributed by atoms with van der Waals surface area (Å²) in [6, 6.07) is 6.02. The molecule has 0 saturated heterocycles. The van der Waals surface area contributed by atoms with Crippen molar-refractivity contribution in [3.8, 4) is 0 Å². The van der Waals surface area contributed by atoms with Crippen LogP contribution in [0, 0.1) is 0 Å². The van der Waals surface area contributed by atoms with Crippen LogP contribution in [0.15, 0.2) is 41.3 Å². The summed E-state index contributed by atoms with van der Waals surface area (Å²) in [7, 11) is -3.78. The Morgan fingerprint density at radius 2 is 1.84 bits per heavy atom. The minimum atomic E-state index is -4.56.